The first-order valence-electron chi connectivity index (χ1n) is 13.0. The number of urea groups is 1. The summed E-state index contributed by atoms with van der Waals surface area (Å²) in [6.45, 7) is 2.04. The SMILES string of the molecule is CC(=O)NCCCc1ccc(C(=Nc2ccc(/C=C3\NC(=O)NC3=O)cc2)c2c(O)[nH]c3ccc([N+](=O)[O-])cc23)cc1. The highest BCUT2D eigenvalue weighted by Crippen LogP contribution is 2.34. The van der Waals surface area contributed by atoms with Crippen LogP contribution in [0.2, 0.25) is 0 Å². The number of fused-ring (bicyclic) bond motifs is 1. The van der Waals surface area contributed by atoms with Gasteiger partial charge in [-0.15, -0.1) is 0 Å². The fraction of sp³-hybridized carbons (Fsp3) is 0.133. The first kappa shape index (κ1) is 27.8. The van der Waals surface area contributed by atoms with E-state index in [2.05, 4.69) is 20.9 Å². The average Bonchev–Trinajstić information content (AvgIpc) is 3.46. The van der Waals surface area contributed by atoms with Crippen LogP contribution in [0.4, 0.5) is 16.2 Å². The number of nitro benzene ring substituents is 1. The molecule has 1 aliphatic heterocycles. The molecule has 12 heteroatoms. The van der Waals surface area contributed by atoms with Crippen molar-refractivity contribution >= 4 is 51.9 Å². The van der Waals surface area contributed by atoms with Gasteiger partial charge in [0.15, 0.2) is 5.88 Å². The first-order chi connectivity index (χ1) is 20.2. The first-order valence-corrected chi connectivity index (χ1v) is 13.0. The minimum atomic E-state index is -0.588. The van der Waals surface area contributed by atoms with Crippen molar-refractivity contribution < 1.29 is 24.4 Å². The van der Waals surface area contributed by atoms with E-state index in [4.69, 9.17) is 4.99 Å². The smallest absolute Gasteiger partial charge is 0.326 e. The molecule has 4 amide bonds. The number of imide groups is 1. The molecule has 12 nitrogen and oxygen atoms in total. The summed E-state index contributed by atoms with van der Waals surface area (Å²) in [6.07, 6.45) is 3.04. The van der Waals surface area contributed by atoms with Crippen molar-refractivity contribution in [1.82, 2.24) is 20.9 Å². The van der Waals surface area contributed by atoms with Gasteiger partial charge in [-0.05, 0) is 48.2 Å². The Morgan fingerprint density at radius 3 is 2.43 bits per heavy atom. The molecule has 2 heterocycles. The van der Waals surface area contributed by atoms with Gasteiger partial charge in [0.25, 0.3) is 11.6 Å². The van der Waals surface area contributed by atoms with E-state index in [1.165, 1.54) is 31.2 Å². The topological polar surface area (TPSA) is 179 Å². The number of rotatable bonds is 9. The molecule has 0 bridgehead atoms. The maximum Gasteiger partial charge on any atom is 0.326 e. The molecular formula is C30H26N6O6. The van der Waals surface area contributed by atoms with Crippen LogP contribution in [-0.4, -0.2) is 45.1 Å². The quantitative estimate of drug-likeness (QED) is 0.0506. The highest BCUT2D eigenvalue weighted by Gasteiger charge is 2.23. The van der Waals surface area contributed by atoms with Crippen LogP contribution in [0.5, 0.6) is 5.88 Å². The van der Waals surface area contributed by atoms with Gasteiger partial charge in [0.05, 0.1) is 21.9 Å². The Kier molecular flexibility index (Phi) is 7.78. The van der Waals surface area contributed by atoms with E-state index < -0.39 is 16.9 Å². The number of hydrogen-bond donors (Lipinski definition) is 5. The summed E-state index contributed by atoms with van der Waals surface area (Å²) in [5.41, 5.74) is 4.08. The molecule has 0 spiro atoms. The summed E-state index contributed by atoms with van der Waals surface area (Å²) in [4.78, 5) is 53.1. The molecule has 5 N–H and O–H groups in total. The molecule has 0 aliphatic carbocycles. The number of aromatic nitrogens is 1. The molecule has 4 aromatic rings. The van der Waals surface area contributed by atoms with Crippen LogP contribution in [0.1, 0.15) is 35.6 Å². The Balaban J connectivity index is 1.53. The third-order valence-corrected chi connectivity index (χ3v) is 6.62. The van der Waals surface area contributed by atoms with Crippen LogP contribution >= 0.6 is 0 Å². The molecule has 0 radical (unpaired) electrons. The number of aromatic amines is 1. The van der Waals surface area contributed by atoms with E-state index in [1.807, 2.05) is 24.3 Å². The predicted molar refractivity (Wildman–Crippen MR) is 156 cm³/mol. The predicted octanol–water partition coefficient (Wildman–Crippen LogP) is 4.20. The maximum atomic E-state index is 11.8. The number of hydrogen-bond acceptors (Lipinski definition) is 7. The minimum absolute atomic E-state index is 0.0783. The molecule has 1 aliphatic rings. The molecule has 5 rings (SSSR count). The van der Waals surface area contributed by atoms with Crippen LogP contribution in [0.3, 0.4) is 0 Å². The maximum absolute atomic E-state index is 11.8. The zero-order valence-electron chi connectivity index (χ0n) is 22.4. The van der Waals surface area contributed by atoms with Crippen molar-refractivity contribution in [2.45, 2.75) is 19.8 Å². The second-order valence-corrected chi connectivity index (χ2v) is 9.64. The number of aliphatic imine (C=N–C) groups is 1. The molecule has 42 heavy (non-hydrogen) atoms. The number of nitrogens with one attached hydrogen (secondary N) is 4. The van der Waals surface area contributed by atoms with E-state index >= 15 is 0 Å². The fourth-order valence-corrected chi connectivity index (χ4v) is 4.59. The molecular weight excluding hydrogens is 540 g/mol. The van der Waals surface area contributed by atoms with Gasteiger partial charge in [0.2, 0.25) is 5.91 Å². The Hall–Kier alpha value is -5.78. The minimum Gasteiger partial charge on any atom is -0.494 e. The number of nitrogens with zero attached hydrogens (tertiary/aromatic N) is 2. The second kappa shape index (κ2) is 11.8. The highest BCUT2D eigenvalue weighted by molar-refractivity contribution is 6.22. The summed E-state index contributed by atoms with van der Waals surface area (Å²) in [5.74, 6) is -0.787. The fourth-order valence-electron chi connectivity index (χ4n) is 4.59. The number of amides is 4. The Labute approximate surface area is 239 Å². The van der Waals surface area contributed by atoms with Crippen molar-refractivity contribution in [3.05, 3.63) is 105 Å². The lowest BCUT2D eigenvalue weighted by Gasteiger charge is -2.10. The lowest BCUT2D eigenvalue weighted by Crippen LogP contribution is -2.22. The lowest BCUT2D eigenvalue weighted by molar-refractivity contribution is -0.384. The van der Waals surface area contributed by atoms with Gasteiger partial charge >= 0.3 is 6.03 Å². The molecule has 1 saturated heterocycles. The molecule has 0 saturated carbocycles. The van der Waals surface area contributed by atoms with E-state index in [9.17, 15) is 29.6 Å². The van der Waals surface area contributed by atoms with Gasteiger partial charge in [-0.1, -0.05) is 36.4 Å². The summed E-state index contributed by atoms with van der Waals surface area (Å²) in [7, 11) is 0. The summed E-state index contributed by atoms with van der Waals surface area (Å²) >= 11 is 0. The van der Waals surface area contributed by atoms with Crippen molar-refractivity contribution in [2.75, 3.05) is 6.54 Å². The molecule has 3 aromatic carbocycles. The average molecular weight is 567 g/mol. The van der Waals surface area contributed by atoms with Crippen molar-refractivity contribution in [3.63, 3.8) is 0 Å². The number of aryl methyl sites for hydroxylation is 1. The number of non-ortho nitro benzene ring substituents is 1. The Morgan fingerprint density at radius 1 is 1.05 bits per heavy atom. The Bertz CT molecular complexity index is 1770. The van der Waals surface area contributed by atoms with Crippen LogP contribution in [-0.2, 0) is 16.0 Å². The monoisotopic (exact) mass is 566 g/mol. The van der Waals surface area contributed by atoms with Crippen LogP contribution in [0.15, 0.2) is 77.4 Å². The Morgan fingerprint density at radius 2 is 1.79 bits per heavy atom. The van der Waals surface area contributed by atoms with Crippen LogP contribution < -0.4 is 16.0 Å². The third kappa shape index (κ3) is 6.17. The van der Waals surface area contributed by atoms with Crippen molar-refractivity contribution in [2.24, 2.45) is 4.99 Å². The van der Waals surface area contributed by atoms with Crippen LogP contribution in [0, 0.1) is 10.1 Å². The largest absolute Gasteiger partial charge is 0.494 e. The number of carbonyl (C=O) groups excluding carboxylic acids is 3. The van der Waals surface area contributed by atoms with Gasteiger partial charge in [-0.2, -0.15) is 0 Å². The number of carbonyl (C=O) groups is 3. The van der Waals surface area contributed by atoms with Crippen molar-refractivity contribution in [3.8, 4) is 5.88 Å². The molecule has 0 atom stereocenters. The molecule has 0 unspecified atom stereocenters. The second-order valence-electron chi connectivity index (χ2n) is 9.64. The summed E-state index contributed by atoms with van der Waals surface area (Å²) in [5, 5.41) is 30.2. The van der Waals surface area contributed by atoms with Gasteiger partial charge in [0, 0.05) is 42.1 Å². The molecule has 1 aromatic heterocycles. The summed E-state index contributed by atoms with van der Waals surface area (Å²) in [6, 6.07) is 18.2. The zero-order chi connectivity index (χ0) is 29.8. The van der Waals surface area contributed by atoms with Crippen molar-refractivity contribution in [1.29, 1.82) is 0 Å². The highest BCUT2D eigenvalue weighted by atomic mass is 16.6. The number of aromatic hydroxyl groups is 1. The van der Waals surface area contributed by atoms with E-state index in [0.717, 1.165) is 18.4 Å². The number of nitro groups is 1. The van der Waals surface area contributed by atoms with E-state index in [-0.39, 0.29) is 23.2 Å². The van der Waals surface area contributed by atoms with Gasteiger partial charge in [0.1, 0.15) is 5.70 Å². The van der Waals surface area contributed by atoms with Gasteiger partial charge < -0.3 is 20.7 Å². The zero-order valence-corrected chi connectivity index (χ0v) is 22.4. The number of H-pyrrole nitrogens is 1. The standard InChI is InChI=1S/C30H26N6O6/c1-17(37)31-14-2-3-18-4-8-20(9-5-18)27(26-23-16-22(36(41)42)12-13-24(23)33-29(26)39)32-21-10-6-19(7-11-21)15-25-28(38)35-30(40)34-25/h4-13,15-16,33,39H,2-3,14H2,1H3,(H,31,37)(H2,34,35,38,40)/b25-15-,32-27?. The number of benzene rings is 3. The lowest BCUT2D eigenvalue weighted by atomic mass is 9.98. The van der Waals surface area contributed by atoms with Gasteiger partial charge in [-0.25, -0.2) is 9.79 Å². The third-order valence-electron chi connectivity index (χ3n) is 6.62. The summed E-state index contributed by atoms with van der Waals surface area (Å²) < 4.78 is 0. The molecule has 212 valence electrons. The normalized spacial score (nSPS) is 14.2. The van der Waals surface area contributed by atoms with E-state index in [0.29, 0.717) is 45.5 Å². The van der Waals surface area contributed by atoms with Crippen LogP contribution in [0.25, 0.3) is 17.0 Å². The van der Waals surface area contributed by atoms with E-state index in [1.54, 1.807) is 24.3 Å². The van der Waals surface area contributed by atoms with Gasteiger partial charge in [-0.3, -0.25) is 25.0 Å². The molecule has 1 fully saturated rings.